The Morgan fingerprint density at radius 1 is 1.04 bits per heavy atom. The molecule has 0 aliphatic carbocycles. The number of carbonyl (C=O) groups excluding carboxylic acids is 1. The van der Waals surface area contributed by atoms with E-state index in [1.807, 2.05) is 45.0 Å². The number of rotatable bonds is 9. The fourth-order valence-electron chi connectivity index (χ4n) is 2.83. The van der Waals surface area contributed by atoms with Crippen LogP contribution in [0.2, 0.25) is 0 Å². The molecule has 0 saturated heterocycles. The van der Waals surface area contributed by atoms with Gasteiger partial charge < -0.3 is 14.8 Å². The molecule has 0 spiro atoms. The van der Waals surface area contributed by atoms with Crippen LogP contribution in [0.3, 0.4) is 0 Å². The second-order valence-corrected chi connectivity index (χ2v) is 6.56. The summed E-state index contributed by atoms with van der Waals surface area (Å²) in [6, 6.07) is 14.1. The van der Waals surface area contributed by atoms with Gasteiger partial charge in [-0.1, -0.05) is 18.2 Å². The van der Waals surface area contributed by atoms with E-state index >= 15 is 0 Å². The Kier molecular flexibility index (Phi) is 7.52. The number of ether oxygens (including phenoxy) is 2. The number of amides is 1. The van der Waals surface area contributed by atoms with Gasteiger partial charge in [-0.15, -0.1) is 0 Å². The third-order valence-corrected chi connectivity index (χ3v) is 4.05. The van der Waals surface area contributed by atoms with Crippen molar-refractivity contribution in [3.8, 4) is 11.5 Å². The highest BCUT2D eigenvalue weighted by molar-refractivity contribution is 5.80. The van der Waals surface area contributed by atoms with Gasteiger partial charge in [-0.25, -0.2) is 0 Å². The SMILES string of the molecule is CCOc1ccc(CCCNC(=O)C(C)Oc2cc(C)cc(C)c2)cc1. The molecule has 1 atom stereocenters. The van der Waals surface area contributed by atoms with Crippen molar-refractivity contribution in [2.24, 2.45) is 0 Å². The molecule has 0 aromatic heterocycles. The molecule has 2 aromatic carbocycles. The van der Waals surface area contributed by atoms with E-state index in [1.54, 1.807) is 6.92 Å². The normalized spacial score (nSPS) is 11.7. The highest BCUT2D eigenvalue weighted by Crippen LogP contribution is 2.17. The molecule has 140 valence electrons. The fraction of sp³-hybridized carbons (Fsp3) is 0.409. The van der Waals surface area contributed by atoms with E-state index in [1.165, 1.54) is 5.56 Å². The van der Waals surface area contributed by atoms with E-state index in [4.69, 9.17) is 9.47 Å². The van der Waals surface area contributed by atoms with Crippen molar-refractivity contribution in [2.45, 2.75) is 46.6 Å². The summed E-state index contributed by atoms with van der Waals surface area (Å²) in [5.41, 5.74) is 3.49. The van der Waals surface area contributed by atoms with Crippen LogP contribution in [0.15, 0.2) is 42.5 Å². The van der Waals surface area contributed by atoms with Crippen LogP contribution in [-0.2, 0) is 11.2 Å². The maximum Gasteiger partial charge on any atom is 0.260 e. The third-order valence-electron chi connectivity index (χ3n) is 4.05. The van der Waals surface area contributed by atoms with Gasteiger partial charge in [-0.2, -0.15) is 0 Å². The lowest BCUT2D eigenvalue weighted by atomic mass is 10.1. The quantitative estimate of drug-likeness (QED) is 0.685. The minimum Gasteiger partial charge on any atom is -0.494 e. The average molecular weight is 355 g/mol. The number of aryl methyl sites for hydroxylation is 3. The summed E-state index contributed by atoms with van der Waals surface area (Å²) < 4.78 is 11.2. The number of benzene rings is 2. The van der Waals surface area contributed by atoms with Crippen molar-refractivity contribution >= 4 is 5.91 Å². The lowest BCUT2D eigenvalue weighted by Gasteiger charge is -2.15. The third kappa shape index (κ3) is 6.43. The second kappa shape index (κ2) is 9.85. The Bertz CT molecular complexity index is 690. The standard InChI is InChI=1S/C22H29NO3/c1-5-25-20-10-8-19(9-11-20)7-6-12-23-22(24)18(4)26-21-14-16(2)13-17(3)15-21/h8-11,13-15,18H,5-7,12H2,1-4H3,(H,23,24). The number of carbonyl (C=O) groups is 1. The largest absolute Gasteiger partial charge is 0.494 e. The van der Waals surface area contributed by atoms with Crippen LogP contribution in [-0.4, -0.2) is 25.2 Å². The Hall–Kier alpha value is -2.49. The summed E-state index contributed by atoms with van der Waals surface area (Å²) in [5, 5.41) is 2.95. The molecule has 1 N–H and O–H groups in total. The molecule has 0 aliphatic heterocycles. The zero-order chi connectivity index (χ0) is 18.9. The van der Waals surface area contributed by atoms with Gasteiger partial charge in [-0.05, 0) is 81.5 Å². The van der Waals surface area contributed by atoms with Crippen molar-refractivity contribution in [1.82, 2.24) is 5.32 Å². The van der Waals surface area contributed by atoms with Crippen molar-refractivity contribution in [3.63, 3.8) is 0 Å². The van der Waals surface area contributed by atoms with Gasteiger partial charge in [0.15, 0.2) is 6.10 Å². The maximum absolute atomic E-state index is 12.2. The second-order valence-electron chi connectivity index (χ2n) is 6.56. The molecule has 4 heteroatoms. The predicted molar refractivity (Wildman–Crippen MR) is 105 cm³/mol. The van der Waals surface area contributed by atoms with Crippen LogP contribution in [0.25, 0.3) is 0 Å². The van der Waals surface area contributed by atoms with Crippen molar-refractivity contribution < 1.29 is 14.3 Å². The number of hydrogen-bond donors (Lipinski definition) is 1. The van der Waals surface area contributed by atoms with Gasteiger partial charge in [0.05, 0.1) is 6.61 Å². The smallest absolute Gasteiger partial charge is 0.260 e. The van der Waals surface area contributed by atoms with Crippen LogP contribution in [0, 0.1) is 13.8 Å². The van der Waals surface area contributed by atoms with E-state index in [9.17, 15) is 4.79 Å². The Morgan fingerprint density at radius 2 is 1.69 bits per heavy atom. The van der Waals surface area contributed by atoms with E-state index in [2.05, 4.69) is 23.5 Å². The molecule has 4 nitrogen and oxygen atoms in total. The van der Waals surface area contributed by atoms with Gasteiger partial charge in [0, 0.05) is 6.54 Å². The number of hydrogen-bond acceptors (Lipinski definition) is 3. The minimum atomic E-state index is -0.512. The summed E-state index contributed by atoms with van der Waals surface area (Å²) in [6.07, 6.45) is 1.29. The molecule has 26 heavy (non-hydrogen) atoms. The van der Waals surface area contributed by atoms with Gasteiger partial charge in [-0.3, -0.25) is 4.79 Å². The summed E-state index contributed by atoms with van der Waals surface area (Å²) in [5.74, 6) is 1.54. The summed E-state index contributed by atoms with van der Waals surface area (Å²) in [6.45, 7) is 9.10. The molecule has 2 rings (SSSR count). The minimum absolute atomic E-state index is 0.0872. The lowest BCUT2D eigenvalue weighted by molar-refractivity contribution is -0.127. The fourth-order valence-corrected chi connectivity index (χ4v) is 2.83. The molecular formula is C22H29NO3. The van der Waals surface area contributed by atoms with Gasteiger partial charge in [0.25, 0.3) is 5.91 Å². The zero-order valence-corrected chi connectivity index (χ0v) is 16.2. The molecule has 0 heterocycles. The van der Waals surface area contributed by atoms with Crippen LogP contribution < -0.4 is 14.8 Å². The number of nitrogens with one attached hydrogen (secondary N) is 1. The summed E-state index contributed by atoms with van der Waals surface area (Å²) >= 11 is 0. The average Bonchev–Trinajstić information content (AvgIpc) is 2.59. The first-order valence-electron chi connectivity index (χ1n) is 9.22. The molecule has 0 fully saturated rings. The van der Waals surface area contributed by atoms with Crippen molar-refractivity contribution in [2.75, 3.05) is 13.2 Å². The molecule has 1 unspecified atom stereocenters. The first kappa shape index (κ1) is 19.8. The molecule has 0 aliphatic rings. The Labute approximate surface area is 156 Å². The van der Waals surface area contributed by atoms with Crippen LogP contribution >= 0.6 is 0 Å². The van der Waals surface area contributed by atoms with E-state index in [-0.39, 0.29) is 5.91 Å². The molecule has 0 bridgehead atoms. The monoisotopic (exact) mass is 355 g/mol. The van der Waals surface area contributed by atoms with Gasteiger partial charge >= 0.3 is 0 Å². The Balaban J connectivity index is 1.72. The summed E-state index contributed by atoms with van der Waals surface area (Å²) in [7, 11) is 0. The predicted octanol–water partition coefficient (Wildman–Crippen LogP) is 4.22. The zero-order valence-electron chi connectivity index (χ0n) is 16.2. The topological polar surface area (TPSA) is 47.6 Å². The van der Waals surface area contributed by atoms with Crippen LogP contribution in [0.1, 0.15) is 37.0 Å². The van der Waals surface area contributed by atoms with E-state index in [0.29, 0.717) is 13.2 Å². The van der Waals surface area contributed by atoms with E-state index < -0.39 is 6.10 Å². The summed E-state index contributed by atoms with van der Waals surface area (Å²) in [4.78, 5) is 12.2. The van der Waals surface area contributed by atoms with Crippen molar-refractivity contribution in [1.29, 1.82) is 0 Å². The van der Waals surface area contributed by atoms with E-state index in [0.717, 1.165) is 35.5 Å². The molecule has 1 amide bonds. The molecular weight excluding hydrogens is 326 g/mol. The van der Waals surface area contributed by atoms with Crippen LogP contribution in [0.5, 0.6) is 11.5 Å². The maximum atomic E-state index is 12.2. The Morgan fingerprint density at radius 3 is 2.31 bits per heavy atom. The first-order chi connectivity index (χ1) is 12.5. The van der Waals surface area contributed by atoms with Gasteiger partial charge in [0.2, 0.25) is 0 Å². The van der Waals surface area contributed by atoms with Crippen LogP contribution in [0.4, 0.5) is 0 Å². The van der Waals surface area contributed by atoms with Crippen molar-refractivity contribution in [3.05, 3.63) is 59.2 Å². The lowest BCUT2D eigenvalue weighted by Crippen LogP contribution is -2.37. The highest BCUT2D eigenvalue weighted by atomic mass is 16.5. The molecule has 0 radical (unpaired) electrons. The molecule has 0 saturated carbocycles. The van der Waals surface area contributed by atoms with Gasteiger partial charge in [0.1, 0.15) is 11.5 Å². The first-order valence-corrected chi connectivity index (χ1v) is 9.22. The molecule has 2 aromatic rings. The highest BCUT2D eigenvalue weighted by Gasteiger charge is 2.14.